The number of rotatable bonds is 4. The third-order valence-electron chi connectivity index (χ3n) is 4.88. The lowest BCUT2D eigenvalue weighted by atomic mass is 9.95. The molecule has 0 spiro atoms. The highest BCUT2D eigenvalue weighted by atomic mass is 32.2. The maximum absolute atomic E-state index is 14.5. The molecule has 11 heteroatoms. The van der Waals surface area contributed by atoms with Gasteiger partial charge in [0, 0.05) is 22.9 Å². The van der Waals surface area contributed by atoms with E-state index >= 15 is 0 Å². The van der Waals surface area contributed by atoms with E-state index in [0.717, 1.165) is 30.0 Å². The quantitative estimate of drug-likeness (QED) is 0.415. The number of sulfone groups is 1. The molecule has 6 nitrogen and oxygen atoms in total. The molecule has 2 heterocycles. The van der Waals surface area contributed by atoms with Crippen LogP contribution in [-0.4, -0.2) is 29.9 Å². The first kappa shape index (κ1) is 21.8. The van der Waals surface area contributed by atoms with Gasteiger partial charge in [-0.1, -0.05) is 18.2 Å². The van der Waals surface area contributed by atoms with E-state index in [9.17, 15) is 26.0 Å². The Morgan fingerprint density at radius 3 is 2.34 bits per heavy atom. The number of hydrogen-bond acceptors (Lipinski definition) is 5. The molecule has 2 aromatic carbocycles. The van der Waals surface area contributed by atoms with Crippen LogP contribution in [-0.2, 0) is 16.0 Å². The zero-order valence-corrected chi connectivity index (χ0v) is 17.5. The predicted octanol–water partition coefficient (Wildman–Crippen LogP) is 5.27. The van der Waals surface area contributed by atoms with E-state index in [1.54, 1.807) is 25.1 Å². The van der Waals surface area contributed by atoms with Crippen molar-refractivity contribution in [2.45, 2.75) is 18.0 Å². The van der Waals surface area contributed by atoms with Gasteiger partial charge < -0.3 is 4.42 Å². The highest BCUT2D eigenvalue weighted by Crippen LogP contribution is 2.42. The summed E-state index contributed by atoms with van der Waals surface area (Å²) in [5, 5.41) is 5.82. The van der Waals surface area contributed by atoms with E-state index in [1.165, 1.54) is 12.7 Å². The predicted molar refractivity (Wildman–Crippen MR) is 108 cm³/mol. The maximum atomic E-state index is 14.5. The number of halogens is 4. The van der Waals surface area contributed by atoms with Gasteiger partial charge in [0.2, 0.25) is 0 Å². The molecule has 0 bridgehead atoms. The van der Waals surface area contributed by atoms with E-state index in [0.29, 0.717) is 16.8 Å². The fourth-order valence-corrected chi connectivity index (χ4v) is 4.17. The Hall–Kier alpha value is -3.47. The van der Waals surface area contributed by atoms with Gasteiger partial charge >= 0.3 is 6.18 Å². The molecule has 1 N–H and O–H groups in total. The first-order chi connectivity index (χ1) is 15.0. The average Bonchev–Trinajstić information content (AvgIpc) is 3.36. The van der Waals surface area contributed by atoms with Crippen LogP contribution in [0.3, 0.4) is 0 Å². The van der Waals surface area contributed by atoms with Crippen LogP contribution in [0, 0.1) is 12.7 Å². The van der Waals surface area contributed by atoms with Crippen molar-refractivity contribution in [3.05, 3.63) is 66.1 Å². The second kappa shape index (κ2) is 7.59. The number of nitrogens with one attached hydrogen (secondary N) is 1. The molecule has 0 aliphatic heterocycles. The first-order valence-corrected chi connectivity index (χ1v) is 11.0. The summed E-state index contributed by atoms with van der Waals surface area (Å²) in [5.74, 6) is -1.15. The summed E-state index contributed by atoms with van der Waals surface area (Å²) in [6, 6.07) is 7.72. The SMILES string of the molecule is Cc1cc(-c2[nH]nc(C(F)(F)F)c2-c2ccc(S(C)(=O)=O)c(F)c2)ccc1-c1cocn1. The normalized spacial score (nSPS) is 12.3. The highest BCUT2D eigenvalue weighted by Gasteiger charge is 2.39. The van der Waals surface area contributed by atoms with Crippen molar-refractivity contribution in [3.63, 3.8) is 0 Å². The molecule has 4 rings (SSSR count). The van der Waals surface area contributed by atoms with E-state index in [1.807, 2.05) is 0 Å². The molecule has 0 aliphatic carbocycles. The second-order valence-electron chi connectivity index (χ2n) is 7.14. The monoisotopic (exact) mass is 465 g/mol. The molecule has 0 radical (unpaired) electrons. The van der Waals surface area contributed by atoms with E-state index in [2.05, 4.69) is 15.2 Å². The molecule has 0 unspecified atom stereocenters. The molecule has 0 fully saturated rings. The van der Waals surface area contributed by atoms with E-state index in [-0.39, 0.29) is 16.8 Å². The minimum Gasteiger partial charge on any atom is -0.451 e. The Morgan fingerprint density at radius 1 is 1.06 bits per heavy atom. The first-order valence-electron chi connectivity index (χ1n) is 9.12. The number of hydrogen-bond donors (Lipinski definition) is 1. The van der Waals surface area contributed by atoms with E-state index < -0.39 is 32.4 Å². The van der Waals surface area contributed by atoms with Crippen LogP contribution in [0.2, 0.25) is 0 Å². The molecule has 0 saturated carbocycles. The Morgan fingerprint density at radius 2 is 1.78 bits per heavy atom. The van der Waals surface area contributed by atoms with Crippen molar-refractivity contribution < 1.29 is 30.4 Å². The van der Waals surface area contributed by atoms with Gasteiger partial charge in [-0.15, -0.1) is 0 Å². The van der Waals surface area contributed by atoms with Gasteiger partial charge in [-0.2, -0.15) is 18.3 Å². The van der Waals surface area contributed by atoms with Gasteiger partial charge in [-0.25, -0.2) is 17.8 Å². The summed E-state index contributed by atoms with van der Waals surface area (Å²) in [7, 11) is -3.89. The van der Waals surface area contributed by atoms with Crippen LogP contribution in [0.4, 0.5) is 17.6 Å². The van der Waals surface area contributed by atoms with Crippen molar-refractivity contribution in [1.29, 1.82) is 0 Å². The smallest absolute Gasteiger partial charge is 0.435 e. The third-order valence-corrected chi connectivity index (χ3v) is 6.01. The van der Waals surface area contributed by atoms with Gasteiger partial charge in [0.15, 0.2) is 21.9 Å². The van der Waals surface area contributed by atoms with Crippen LogP contribution in [0.1, 0.15) is 11.3 Å². The Kier molecular flexibility index (Phi) is 5.16. The molecular weight excluding hydrogens is 450 g/mol. The Balaban J connectivity index is 1.90. The van der Waals surface area contributed by atoms with Crippen molar-refractivity contribution in [3.8, 4) is 33.6 Å². The van der Waals surface area contributed by atoms with Gasteiger partial charge in [0.1, 0.15) is 22.7 Å². The van der Waals surface area contributed by atoms with Crippen LogP contribution in [0.15, 0.2) is 58.4 Å². The number of H-pyrrole nitrogens is 1. The number of alkyl halides is 3. The minimum atomic E-state index is -4.83. The Labute approximate surface area is 179 Å². The lowest BCUT2D eigenvalue weighted by Crippen LogP contribution is -2.08. The lowest BCUT2D eigenvalue weighted by molar-refractivity contribution is -0.140. The maximum Gasteiger partial charge on any atom is 0.435 e. The summed E-state index contributed by atoms with van der Waals surface area (Å²) in [6.45, 7) is 1.76. The van der Waals surface area contributed by atoms with Gasteiger partial charge in [0.05, 0.1) is 5.69 Å². The molecular formula is C21H15F4N3O3S. The number of aromatic amines is 1. The lowest BCUT2D eigenvalue weighted by Gasteiger charge is -2.11. The standard InChI is InChI=1S/C21H15F4N3O3S/c1-11-7-13(3-5-14(11)16-9-31-10-26-16)19-18(20(28-27-19)21(23,24)25)12-4-6-17(15(22)8-12)32(2,29)30/h3-10H,1-2H3,(H,27,28). The number of benzene rings is 2. The third kappa shape index (κ3) is 3.91. The topological polar surface area (TPSA) is 88.9 Å². The number of aromatic nitrogens is 3. The summed E-state index contributed by atoms with van der Waals surface area (Å²) >= 11 is 0. The molecule has 0 saturated heterocycles. The van der Waals surface area contributed by atoms with Crippen molar-refractivity contribution in [2.24, 2.45) is 0 Å². The molecule has 0 atom stereocenters. The number of oxazole rings is 1. The number of nitrogens with zero attached hydrogens (tertiary/aromatic N) is 2. The minimum absolute atomic E-state index is 0.0126. The molecule has 2 aromatic heterocycles. The zero-order chi connectivity index (χ0) is 23.3. The summed E-state index contributed by atoms with van der Waals surface area (Å²) in [6.07, 6.45) is -1.31. The fourth-order valence-electron chi connectivity index (χ4n) is 3.45. The van der Waals surface area contributed by atoms with Crippen LogP contribution < -0.4 is 0 Å². The van der Waals surface area contributed by atoms with Crippen molar-refractivity contribution in [1.82, 2.24) is 15.2 Å². The largest absolute Gasteiger partial charge is 0.451 e. The molecule has 0 amide bonds. The van der Waals surface area contributed by atoms with Gasteiger partial charge in [-0.3, -0.25) is 5.10 Å². The number of aryl methyl sites for hydroxylation is 1. The van der Waals surface area contributed by atoms with Crippen LogP contribution in [0.5, 0.6) is 0 Å². The van der Waals surface area contributed by atoms with E-state index in [4.69, 9.17) is 4.42 Å². The molecule has 0 aliphatic rings. The molecule has 166 valence electrons. The van der Waals surface area contributed by atoms with Crippen molar-refractivity contribution in [2.75, 3.05) is 6.26 Å². The van der Waals surface area contributed by atoms with Gasteiger partial charge in [0.25, 0.3) is 0 Å². The Bertz CT molecular complexity index is 1410. The second-order valence-corrected chi connectivity index (χ2v) is 9.12. The van der Waals surface area contributed by atoms with Crippen LogP contribution >= 0.6 is 0 Å². The summed E-state index contributed by atoms with van der Waals surface area (Å²) in [5.41, 5.74) is 0.603. The van der Waals surface area contributed by atoms with Crippen LogP contribution in [0.25, 0.3) is 33.6 Å². The fraction of sp³-hybridized carbons (Fsp3) is 0.143. The molecule has 32 heavy (non-hydrogen) atoms. The van der Waals surface area contributed by atoms with Crippen molar-refractivity contribution >= 4 is 9.84 Å². The summed E-state index contributed by atoms with van der Waals surface area (Å²) in [4.78, 5) is 3.46. The average molecular weight is 465 g/mol. The zero-order valence-electron chi connectivity index (χ0n) is 16.7. The van der Waals surface area contributed by atoms with Gasteiger partial charge in [-0.05, 0) is 36.2 Å². The highest BCUT2D eigenvalue weighted by molar-refractivity contribution is 7.90. The molecule has 4 aromatic rings. The summed E-state index contributed by atoms with van der Waals surface area (Å²) < 4.78 is 83.8.